The van der Waals surface area contributed by atoms with E-state index >= 15 is 0 Å². The van der Waals surface area contributed by atoms with Crippen molar-refractivity contribution in [2.75, 3.05) is 19.8 Å². The SMILES string of the molecule is Cc1ccc(CCCCCCCCNC(=O)C2O[C@@H](O[C@H]3CCC4(C)C5CC=C6C7CC(C)(C)CC[C@]7(C(=O)O)C(O)C[C@@]6(C)[C@]5(C)CC[C@H]4C3(C)C=O)C(O[C@@H]3OC(CO)[C@H](O)[C@H](O)C3O)[C@@H](O[C@@H]3OC[C@@H](O)[C@H](O)C3O)[C@@H]2O)cc1. The second kappa shape index (κ2) is 24.6. The average molecular weight is 1160 g/mol. The van der Waals surface area contributed by atoms with Crippen LogP contribution in [0.2, 0.25) is 0 Å². The van der Waals surface area contributed by atoms with E-state index in [1.807, 2.05) is 6.92 Å². The number of hydrogen-bond donors (Lipinski definition) is 11. The van der Waals surface area contributed by atoms with Crippen LogP contribution in [0.3, 0.4) is 0 Å². The Bertz CT molecular complexity index is 2420. The third kappa shape index (κ3) is 11.3. The lowest BCUT2D eigenvalue weighted by Crippen LogP contribution is -2.69. The van der Waals surface area contributed by atoms with Crippen LogP contribution in [-0.4, -0.2) is 187 Å². The van der Waals surface area contributed by atoms with Gasteiger partial charge in [-0.2, -0.15) is 0 Å². The molecule has 20 heteroatoms. The number of aryl methyl sites for hydroxylation is 2. The van der Waals surface area contributed by atoms with Crippen molar-refractivity contribution in [1.82, 2.24) is 5.32 Å². The number of amides is 1. The number of carboxylic acids is 1. The molecule has 3 heterocycles. The summed E-state index contributed by atoms with van der Waals surface area (Å²) in [6.45, 7) is 13.9. The number of carboxylic acid groups (broad SMARTS) is 1. The molecule has 1 aromatic carbocycles. The number of rotatable bonds is 19. The minimum Gasteiger partial charge on any atom is -0.481 e. The molecule has 3 aliphatic heterocycles. The van der Waals surface area contributed by atoms with E-state index in [4.69, 9.17) is 28.4 Å². The molecule has 0 radical (unpaired) electrons. The number of fused-ring (bicyclic) bond motifs is 7. The first-order chi connectivity index (χ1) is 38.7. The lowest BCUT2D eigenvalue weighted by molar-refractivity contribution is -0.391. The second-order valence-corrected chi connectivity index (χ2v) is 27.6. The summed E-state index contributed by atoms with van der Waals surface area (Å²) in [5, 5.41) is 114. The number of allylic oxidation sites excluding steroid dienone is 2. The van der Waals surface area contributed by atoms with Crippen molar-refractivity contribution < 1.29 is 93.9 Å². The Kier molecular flexibility index (Phi) is 19.1. The Morgan fingerprint density at radius 1 is 0.707 bits per heavy atom. The molecule has 8 aliphatic rings. The molecule has 7 fully saturated rings. The number of hydrogen-bond acceptors (Lipinski definition) is 18. The Labute approximate surface area is 482 Å². The Morgan fingerprint density at radius 3 is 2.06 bits per heavy atom. The fourth-order valence-electron chi connectivity index (χ4n) is 17.0. The number of aliphatic carboxylic acids is 1. The maximum atomic E-state index is 14.4. The molecule has 82 heavy (non-hydrogen) atoms. The first kappa shape index (κ1) is 63.5. The van der Waals surface area contributed by atoms with Crippen molar-refractivity contribution in [3.05, 3.63) is 47.0 Å². The van der Waals surface area contributed by atoms with Crippen molar-refractivity contribution in [3.8, 4) is 0 Å². The van der Waals surface area contributed by atoms with E-state index in [9.17, 15) is 65.4 Å². The van der Waals surface area contributed by atoms with E-state index in [2.05, 4.69) is 77.2 Å². The van der Waals surface area contributed by atoms with Gasteiger partial charge in [-0.05, 0) is 129 Å². The molecule has 5 aliphatic carbocycles. The predicted octanol–water partition coefficient (Wildman–Crippen LogP) is 3.51. The molecule has 0 bridgehead atoms. The van der Waals surface area contributed by atoms with E-state index in [-0.39, 0.29) is 36.1 Å². The van der Waals surface area contributed by atoms with E-state index in [0.717, 1.165) is 50.4 Å². The number of aliphatic hydroxyl groups is 9. The number of carbonyl (C=O) groups excluding carboxylic acids is 2. The molecule has 462 valence electrons. The van der Waals surface area contributed by atoms with Crippen molar-refractivity contribution in [2.45, 2.75) is 249 Å². The topological polar surface area (TPSA) is 321 Å². The summed E-state index contributed by atoms with van der Waals surface area (Å²) in [4.78, 5) is 41.9. The highest BCUT2D eigenvalue weighted by atomic mass is 16.8. The van der Waals surface area contributed by atoms with Crippen molar-refractivity contribution >= 4 is 18.2 Å². The van der Waals surface area contributed by atoms with Crippen LogP contribution in [0.4, 0.5) is 0 Å². The maximum Gasteiger partial charge on any atom is 0.312 e. The van der Waals surface area contributed by atoms with E-state index in [1.54, 1.807) is 0 Å². The van der Waals surface area contributed by atoms with Crippen LogP contribution in [0.15, 0.2) is 35.9 Å². The van der Waals surface area contributed by atoms with Gasteiger partial charge in [-0.25, -0.2) is 0 Å². The zero-order valence-corrected chi connectivity index (χ0v) is 49.0. The zero-order valence-electron chi connectivity index (χ0n) is 49.0. The molecule has 20 nitrogen and oxygen atoms in total. The molecule has 1 amide bonds. The van der Waals surface area contributed by atoms with Gasteiger partial charge in [0.15, 0.2) is 25.0 Å². The highest BCUT2D eigenvalue weighted by Gasteiger charge is 2.72. The van der Waals surface area contributed by atoms with Crippen molar-refractivity contribution in [3.63, 3.8) is 0 Å². The van der Waals surface area contributed by atoms with Crippen LogP contribution in [0, 0.1) is 57.2 Å². The van der Waals surface area contributed by atoms with Gasteiger partial charge in [0.25, 0.3) is 5.91 Å². The van der Waals surface area contributed by atoms with Gasteiger partial charge in [-0.1, -0.05) is 109 Å². The third-order valence-corrected chi connectivity index (χ3v) is 22.3. The van der Waals surface area contributed by atoms with Gasteiger partial charge in [0, 0.05) is 6.54 Å². The Balaban J connectivity index is 0.986. The minimum absolute atomic E-state index is 0.0112. The zero-order chi connectivity index (χ0) is 59.5. The van der Waals surface area contributed by atoms with Crippen LogP contribution < -0.4 is 5.32 Å². The Hall–Kier alpha value is -3.03. The van der Waals surface area contributed by atoms with Crippen LogP contribution in [0.25, 0.3) is 0 Å². The van der Waals surface area contributed by atoms with Crippen LogP contribution in [0.5, 0.6) is 0 Å². The predicted molar refractivity (Wildman–Crippen MR) is 295 cm³/mol. The summed E-state index contributed by atoms with van der Waals surface area (Å²) in [6, 6.07) is 8.54. The number of benzene rings is 1. The van der Waals surface area contributed by atoms with Crippen LogP contribution in [-0.2, 0) is 49.2 Å². The van der Waals surface area contributed by atoms with Gasteiger partial charge in [0.1, 0.15) is 72.7 Å². The average Bonchev–Trinajstić information content (AvgIpc) is 3.23. The Morgan fingerprint density at radius 2 is 1.38 bits per heavy atom. The van der Waals surface area contributed by atoms with Gasteiger partial charge in [0.05, 0.1) is 30.8 Å². The molecule has 11 N–H and O–H groups in total. The van der Waals surface area contributed by atoms with Crippen LogP contribution >= 0.6 is 0 Å². The highest BCUT2D eigenvalue weighted by Crippen LogP contribution is 2.76. The molecular weight excluding hydrogens is 1060 g/mol. The van der Waals surface area contributed by atoms with Gasteiger partial charge in [-0.15, -0.1) is 0 Å². The number of unbranched alkanes of at least 4 members (excludes halogenated alkanes) is 5. The molecule has 24 atom stereocenters. The van der Waals surface area contributed by atoms with Gasteiger partial charge in [-0.3, -0.25) is 9.59 Å². The molecule has 4 saturated carbocycles. The fraction of sp³-hybridized carbons (Fsp3) is 0.823. The summed E-state index contributed by atoms with van der Waals surface area (Å²) in [5.41, 5.74) is -0.496. The summed E-state index contributed by atoms with van der Waals surface area (Å²) >= 11 is 0. The summed E-state index contributed by atoms with van der Waals surface area (Å²) in [7, 11) is 0. The molecule has 3 saturated heterocycles. The second-order valence-electron chi connectivity index (χ2n) is 27.6. The molecule has 9 rings (SSSR count). The lowest BCUT2D eigenvalue weighted by Gasteiger charge is -2.71. The minimum atomic E-state index is -1.98. The molecule has 0 spiro atoms. The normalized spacial score (nSPS) is 46.2. The summed E-state index contributed by atoms with van der Waals surface area (Å²) < 4.78 is 37.6. The quantitative estimate of drug-likeness (QED) is 0.0409. The maximum absolute atomic E-state index is 14.4. The number of carbonyl (C=O) groups is 3. The fourth-order valence-corrected chi connectivity index (χ4v) is 17.0. The number of aliphatic hydroxyl groups excluding tert-OH is 9. The standard InChI is InChI=1S/C62H95NO19/c1-33-15-17-34(18-16-33)14-12-10-8-9-11-13-27-63-52(74)50-48(73)49(80-53-46(71)43(68)37(66)31-77-53)51(82-54-47(72)45(70)44(69)38(30-64)78-54)55(81-50)79-42-22-23-58(4)39(59(42,5)32-65)21-24-60(6)40(58)20-19-35-36-28-57(2,3)25-26-62(36,56(75)76)41(67)29-61(35,60)7/h15-19,32,36-51,53-55,64,66-73H,8-14,20-31H2,1-7H3,(H,63,74)(H,75,76)/t36?,37-,38?,39-,40?,41?,42+,43+,44+,45+,46?,47?,48+,49+,50?,51?,53+,54+,55-,58?,59?,60-,61-,62-/m1/s1. The van der Waals surface area contributed by atoms with Gasteiger partial charge >= 0.3 is 5.97 Å². The highest BCUT2D eigenvalue weighted by molar-refractivity contribution is 5.81. The summed E-state index contributed by atoms with van der Waals surface area (Å²) in [5.74, 6) is -2.38. The van der Waals surface area contributed by atoms with E-state index in [1.165, 1.54) is 11.1 Å². The first-order valence-electron chi connectivity index (χ1n) is 30.4. The largest absolute Gasteiger partial charge is 0.481 e. The van der Waals surface area contributed by atoms with E-state index < -0.39 is 150 Å². The van der Waals surface area contributed by atoms with E-state index in [0.29, 0.717) is 57.8 Å². The smallest absolute Gasteiger partial charge is 0.312 e. The molecule has 10 unspecified atom stereocenters. The number of nitrogens with one attached hydrogen (secondary N) is 1. The van der Waals surface area contributed by atoms with Crippen molar-refractivity contribution in [2.24, 2.45) is 50.2 Å². The van der Waals surface area contributed by atoms with Crippen molar-refractivity contribution in [1.29, 1.82) is 0 Å². The number of aldehydes is 1. The lowest BCUT2D eigenvalue weighted by atomic mass is 9.33. The first-order valence-corrected chi connectivity index (χ1v) is 30.4. The monoisotopic (exact) mass is 1160 g/mol. The number of ether oxygens (including phenoxy) is 6. The van der Waals surface area contributed by atoms with Gasteiger partial charge in [0.2, 0.25) is 0 Å². The molecular formula is C62H95NO19. The molecule has 1 aromatic rings. The van der Waals surface area contributed by atoms with Crippen LogP contribution in [0.1, 0.15) is 149 Å². The summed E-state index contributed by atoms with van der Waals surface area (Å²) in [6.07, 6.45) is -12.7. The van der Waals surface area contributed by atoms with Gasteiger partial charge < -0.3 is 89.6 Å². The molecule has 0 aromatic heterocycles. The third-order valence-electron chi connectivity index (χ3n) is 22.3.